The Morgan fingerprint density at radius 2 is 1.81 bits per heavy atom. The number of alkyl halides is 3. The second-order valence-corrected chi connectivity index (χ2v) is 5.87. The van der Waals surface area contributed by atoms with Gasteiger partial charge in [0.2, 0.25) is 0 Å². The van der Waals surface area contributed by atoms with Gasteiger partial charge in [-0.25, -0.2) is 0 Å². The average molecular weight is 378 g/mol. The zero-order valence-electron chi connectivity index (χ0n) is 10.8. The molecule has 0 unspecified atom stereocenters. The Labute approximate surface area is 132 Å². The predicted molar refractivity (Wildman–Crippen MR) is 78.8 cm³/mol. The van der Waals surface area contributed by atoms with Crippen molar-refractivity contribution in [3.05, 3.63) is 68.1 Å². The third-order valence-corrected chi connectivity index (χ3v) is 3.60. The maximum atomic E-state index is 12.6. The zero-order chi connectivity index (χ0) is 15.8. The number of hydrogen-bond acceptors (Lipinski definition) is 1. The highest BCUT2D eigenvalue weighted by Gasteiger charge is 2.31. The van der Waals surface area contributed by atoms with E-state index in [1.807, 2.05) is 0 Å². The fourth-order valence-corrected chi connectivity index (χ4v) is 2.80. The summed E-state index contributed by atoms with van der Waals surface area (Å²) in [6.45, 7) is 1.47. The summed E-state index contributed by atoms with van der Waals surface area (Å²) in [5.74, 6) is -0.371. The predicted octanol–water partition coefficient (Wildman–Crippen LogP) is 5.66. The number of hydrogen-bond donors (Lipinski definition) is 0. The van der Waals surface area contributed by atoms with Crippen molar-refractivity contribution in [1.29, 1.82) is 0 Å². The third-order valence-electron chi connectivity index (χ3n) is 2.92. The molecule has 0 aliphatic rings. The molecule has 2 aromatic rings. The third kappa shape index (κ3) is 3.66. The molecule has 0 heterocycles. The molecule has 110 valence electrons. The van der Waals surface area contributed by atoms with Gasteiger partial charge in [-0.1, -0.05) is 33.6 Å². The van der Waals surface area contributed by atoms with E-state index in [1.54, 1.807) is 12.1 Å². The van der Waals surface area contributed by atoms with Crippen LogP contribution in [-0.2, 0) is 6.18 Å². The van der Waals surface area contributed by atoms with Crippen LogP contribution in [0.2, 0.25) is 5.02 Å². The van der Waals surface area contributed by atoms with Crippen molar-refractivity contribution < 1.29 is 18.0 Å². The lowest BCUT2D eigenvalue weighted by molar-refractivity contribution is -0.137. The van der Waals surface area contributed by atoms with E-state index < -0.39 is 11.7 Å². The highest BCUT2D eigenvalue weighted by atomic mass is 79.9. The molecule has 6 heteroatoms. The van der Waals surface area contributed by atoms with E-state index in [1.165, 1.54) is 19.1 Å². The van der Waals surface area contributed by atoms with Gasteiger partial charge in [0.1, 0.15) is 0 Å². The van der Waals surface area contributed by atoms with E-state index in [2.05, 4.69) is 15.9 Å². The summed E-state index contributed by atoms with van der Waals surface area (Å²) in [4.78, 5) is 12.4. The standard InChI is InChI=1S/C15H9BrClF3O/c1-8-4-10(15(18,19)20)2-3-13(8)14(21)9-5-11(16)7-12(17)6-9/h2-7H,1H3. The number of halogens is 5. The largest absolute Gasteiger partial charge is 0.416 e. The van der Waals surface area contributed by atoms with Gasteiger partial charge in [0.25, 0.3) is 0 Å². The molecule has 0 bridgehead atoms. The summed E-state index contributed by atoms with van der Waals surface area (Å²) in [5.41, 5.74) is 0.0316. The molecule has 21 heavy (non-hydrogen) atoms. The number of ketones is 1. The molecule has 0 N–H and O–H groups in total. The van der Waals surface area contributed by atoms with Crippen molar-refractivity contribution in [2.75, 3.05) is 0 Å². The first kappa shape index (κ1) is 16.0. The number of carbonyl (C=O) groups is 1. The summed E-state index contributed by atoms with van der Waals surface area (Å²) in [7, 11) is 0. The van der Waals surface area contributed by atoms with Crippen molar-refractivity contribution >= 4 is 33.3 Å². The summed E-state index contributed by atoms with van der Waals surface area (Å²) in [6.07, 6.45) is -4.43. The molecule has 0 atom stereocenters. The van der Waals surface area contributed by atoms with Crippen LogP contribution in [0, 0.1) is 6.92 Å². The lowest BCUT2D eigenvalue weighted by atomic mass is 9.97. The quantitative estimate of drug-likeness (QED) is 0.617. The highest BCUT2D eigenvalue weighted by molar-refractivity contribution is 9.10. The molecule has 2 aromatic carbocycles. The van der Waals surface area contributed by atoms with Crippen molar-refractivity contribution in [1.82, 2.24) is 0 Å². The average Bonchev–Trinajstić information content (AvgIpc) is 2.35. The summed E-state index contributed by atoms with van der Waals surface area (Å²) < 4.78 is 38.5. The number of benzene rings is 2. The van der Waals surface area contributed by atoms with Crippen LogP contribution in [0.1, 0.15) is 27.0 Å². The van der Waals surface area contributed by atoms with Crippen LogP contribution in [0.3, 0.4) is 0 Å². The molecule has 0 aliphatic carbocycles. The van der Waals surface area contributed by atoms with Crippen LogP contribution in [0.4, 0.5) is 13.2 Å². The highest BCUT2D eigenvalue weighted by Crippen LogP contribution is 2.31. The van der Waals surface area contributed by atoms with E-state index in [4.69, 9.17) is 11.6 Å². The zero-order valence-corrected chi connectivity index (χ0v) is 13.1. The maximum Gasteiger partial charge on any atom is 0.416 e. The van der Waals surface area contributed by atoms with Crippen LogP contribution in [0.25, 0.3) is 0 Å². The fourth-order valence-electron chi connectivity index (χ4n) is 1.94. The Morgan fingerprint density at radius 3 is 2.33 bits per heavy atom. The smallest absolute Gasteiger partial charge is 0.289 e. The lowest BCUT2D eigenvalue weighted by Gasteiger charge is -2.11. The molecule has 0 saturated heterocycles. The van der Waals surface area contributed by atoms with E-state index in [-0.39, 0.29) is 16.9 Å². The van der Waals surface area contributed by atoms with Gasteiger partial charge in [-0.3, -0.25) is 4.79 Å². The summed E-state index contributed by atoms with van der Waals surface area (Å²) in [5, 5.41) is 0.372. The molecule has 1 nitrogen and oxygen atoms in total. The van der Waals surface area contributed by atoms with Crippen molar-refractivity contribution in [2.24, 2.45) is 0 Å². The molecule has 0 aliphatic heterocycles. The van der Waals surface area contributed by atoms with Gasteiger partial charge in [0, 0.05) is 20.6 Å². The number of aryl methyl sites for hydroxylation is 1. The first-order valence-electron chi connectivity index (χ1n) is 5.87. The Hall–Kier alpha value is -1.33. The minimum absolute atomic E-state index is 0.220. The van der Waals surface area contributed by atoms with Gasteiger partial charge in [-0.05, 0) is 42.8 Å². The first-order chi connectivity index (χ1) is 9.68. The SMILES string of the molecule is Cc1cc(C(F)(F)F)ccc1C(=O)c1cc(Cl)cc(Br)c1. The van der Waals surface area contributed by atoms with Crippen molar-refractivity contribution in [2.45, 2.75) is 13.1 Å². The first-order valence-corrected chi connectivity index (χ1v) is 7.04. The van der Waals surface area contributed by atoms with Crippen LogP contribution in [-0.4, -0.2) is 5.78 Å². The Morgan fingerprint density at radius 1 is 1.14 bits per heavy atom. The van der Waals surface area contributed by atoms with E-state index in [0.717, 1.165) is 12.1 Å². The number of rotatable bonds is 2. The van der Waals surface area contributed by atoms with Gasteiger partial charge in [-0.2, -0.15) is 13.2 Å². The molecular formula is C15H9BrClF3O. The topological polar surface area (TPSA) is 17.1 Å². The van der Waals surface area contributed by atoms with Crippen LogP contribution in [0.15, 0.2) is 40.9 Å². The summed E-state index contributed by atoms with van der Waals surface area (Å²) >= 11 is 9.10. The molecule has 2 rings (SSSR count). The summed E-state index contributed by atoms with van der Waals surface area (Å²) in [6, 6.07) is 7.73. The minimum atomic E-state index is -4.43. The number of carbonyl (C=O) groups excluding carboxylic acids is 1. The second-order valence-electron chi connectivity index (χ2n) is 4.51. The molecule has 0 amide bonds. The molecule has 0 aromatic heterocycles. The van der Waals surface area contributed by atoms with Crippen LogP contribution < -0.4 is 0 Å². The normalized spacial score (nSPS) is 11.5. The van der Waals surface area contributed by atoms with Crippen LogP contribution >= 0.6 is 27.5 Å². The lowest BCUT2D eigenvalue weighted by Crippen LogP contribution is -2.09. The Kier molecular flexibility index (Phi) is 4.44. The van der Waals surface area contributed by atoms with E-state index in [0.29, 0.717) is 15.1 Å². The maximum absolute atomic E-state index is 12.6. The van der Waals surface area contributed by atoms with E-state index in [9.17, 15) is 18.0 Å². The van der Waals surface area contributed by atoms with E-state index >= 15 is 0 Å². The second kappa shape index (κ2) is 5.81. The van der Waals surface area contributed by atoms with Gasteiger partial charge in [0.05, 0.1) is 5.56 Å². The van der Waals surface area contributed by atoms with Gasteiger partial charge >= 0.3 is 6.18 Å². The molecule has 0 fully saturated rings. The minimum Gasteiger partial charge on any atom is -0.289 e. The molecular weight excluding hydrogens is 369 g/mol. The van der Waals surface area contributed by atoms with Crippen LogP contribution in [0.5, 0.6) is 0 Å². The molecule has 0 radical (unpaired) electrons. The fraction of sp³-hybridized carbons (Fsp3) is 0.133. The van der Waals surface area contributed by atoms with Gasteiger partial charge < -0.3 is 0 Å². The Bertz CT molecular complexity index is 690. The molecule has 0 saturated carbocycles. The monoisotopic (exact) mass is 376 g/mol. The van der Waals surface area contributed by atoms with Gasteiger partial charge in [0.15, 0.2) is 5.78 Å². The van der Waals surface area contributed by atoms with Gasteiger partial charge in [-0.15, -0.1) is 0 Å². The van der Waals surface area contributed by atoms with Crippen molar-refractivity contribution in [3.63, 3.8) is 0 Å². The molecule has 0 spiro atoms. The Balaban J connectivity index is 2.44. The van der Waals surface area contributed by atoms with Crippen molar-refractivity contribution in [3.8, 4) is 0 Å².